The van der Waals surface area contributed by atoms with Gasteiger partial charge in [0, 0.05) is 5.56 Å². The number of ketones is 1. The molecule has 1 N–H and O–H groups in total. The largest absolute Gasteiger partial charge is 0.478 e. The van der Waals surface area contributed by atoms with Gasteiger partial charge in [-0.3, -0.25) is 4.79 Å². The predicted molar refractivity (Wildman–Crippen MR) is 106 cm³/mol. The molecule has 0 spiro atoms. The van der Waals surface area contributed by atoms with Crippen LogP contribution in [-0.2, 0) is 6.18 Å². The highest BCUT2D eigenvalue weighted by Gasteiger charge is 2.43. The monoisotopic (exact) mass is 411 g/mol. The molecule has 0 aliphatic rings. The molecule has 2 aromatic heterocycles. The minimum atomic E-state index is -4.98. The average Bonchev–Trinajstić information content (AvgIpc) is 3.04. The molecule has 2 heterocycles. The fraction of sp³-hybridized carbons (Fsp3) is 0.130. The van der Waals surface area contributed by atoms with Crippen molar-refractivity contribution in [3.63, 3.8) is 0 Å². The van der Waals surface area contributed by atoms with E-state index in [1.54, 1.807) is 44.2 Å². The Morgan fingerprint density at radius 2 is 1.43 bits per heavy atom. The minimum Gasteiger partial charge on any atom is -0.478 e. The molecule has 0 aliphatic heterocycles. The van der Waals surface area contributed by atoms with Crippen molar-refractivity contribution in [2.24, 2.45) is 0 Å². The van der Waals surface area contributed by atoms with Crippen molar-refractivity contribution in [1.29, 1.82) is 0 Å². The van der Waals surface area contributed by atoms with Gasteiger partial charge in [0.2, 0.25) is 0 Å². The number of rotatable bonds is 3. The van der Waals surface area contributed by atoms with Gasteiger partial charge >= 0.3 is 12.1 Å². The Balaban J connectivity index is 2.18. The Morgan fingerprint density at radius 1 is 0.833 bits per heavy atom. The van der Waals surface area contributed by atoms with E-state index in [9.17, 15) is 27.9 Å². The van der Waals surface area contributed by atoms with E-state index in [0.29, 0.717) is 5.39 Å². The first-order valence-electron chi connectivity index (χ1n) is 9.09. The summed E-state index contributed by atoms with van der Waals surface area (Å²) < 4.78 is 43.1. The Kier molecular flexibility index (Phi) is 4.42. The molecule has 0 saturated heterocycles. The lowest BCUT2D eigenvalue weighted by atomic mass is 9.98. The Labute approximate surface area is 169 Å². The van der Waals surface area contributed by atoms with Gasteiger partial charge < -0.3 is 9.51 Å². The van der Waals surface area contributed by atoms with Gasteiger partial charge in [-0.05, 0) is 37.4 Å². The molecule has 0 radical (unpaired) electrons. The molecule has 0 saturated carbocycles. The van der Waals surface area contributed by atoms with Gasteiger partial charge in [0.25, 0.3) is 0 Å². The number of carboxylic acids is 1. The number of halogens is 3. The third-order valence-corrected chi connectivity index (χ3v) is 5.08. The van der Waals surface area contributed by atoms with Crippen LogP contribution < -0.4 is 0 Å². The summed E-state index contributed by atoms with van der Waals surface area (Å²) in [6.07, 6.45) is -4.98. The van der Waals surface area contributed by atoms with Crippen molar-refractivity contribution in [1.82, 2.24) is 4.40 Å². The first-order valence-corrected chi connectivity index (χ1v) is 9.09. The van der Waals surface area contributed by atoms with E-state index in [1.165, 1.54) is 24.3 Å². The number of pyridine rings is 1. The van der Waals surface area contributed by atoms with Crippen molar-refractivity contribution >= 4 is 28.2 Å². The second-order valence-electron chi connectivity index (χ2n) is 7.21. The molecule has 0 fully saturated rings. The summed E-state index contributed by atoms with van der Waals surface area (Å²) >= 11 is 0. The van der Waals surface area contributed by atoms with Gasteiger partial charge in [0.1, 0.15) is 11.3 Å². The van der Waals surface area contributed by atoms with Crippen molar-refractivity contribution in [2.75, 3.05) is 0 Å². The van der Waals surface area contributed by atoms with Gasteiger partial charge in [0.15, 0.2) is 5.78 Å². The molecule has 4 nitrogen and oxygen atoms in total. The minimum absolute atomic E-state index is 0.0957. The van der Waals surface area contributed by atoms with Gasteiger partial charge in [0.05, 0.1) is 16.6 Å². The molecule has 30 heavy (non-hydrogen) atoms. The van der Waals surface area contributed by atoms with Crippen LogP contribution in [0.3, 0.4) is 0 Å². The summed E-state index contributed by atoms with van der Waals surface area (Å²) in [6.45, 7) is 3.61. The van der Waals surface area contributed by atoms with Crippen LogP contribution in [0.25, 0.3) is 16.4 Å². The number of fused-ring (bicyclic) bond motifs is 3. The van der Waals surface area contributed by atoms with Crippen LogP contribution in [0, 0.1) is 13.8 Å². The van der Waals surface area contributed by atoms with E-state index in [4.69, 9.17) is 0 Å². The van der Waals surface area contributed by atoms with Crippen LogP contribution in [0.5, 0.6) is 0 Å². The molecule has 4 rings (SSSR count). The third kappa shape index (κ3) is 3.03. The van der Waals surface area contributed by atoms with Crippen LogP contribution in [0.1, 0.15) is 43.1 Å². The second kappa shape index (κ2) is 6.73. The Morgan fingerprint density at radius 3 is 2.03 bits per heavy atom. The smallest absolute Gasteiger partial charge is 0.432 e. The maximum atomic E-state index is 14.1. The number of aromatic carboxylic acids is 1. The zero-order valence-corrected chi connectivity index (χ0v) is 16.0. The van der Waals surface area contributed by atoms with Gasteiger partial charge in [-0.25, -0.2) is 4.79 Å². The number of carbonyl (C=O) groups excluding carboxylic acids is 1. The van der Waals surface area contributed by atoms with E-state index in [0.717, 1.165) is 15.5 Å². The molecule has 0 bridgehead atoms. The van der Waals surface area contributed by atoms with Crippen molar-refractivity contribution in [3.05, 3.63) is 88.1 Å². The lowest BCUT2D eigenvalue weighted by Crippen LogP contribution is -2.16. The summed E-state index contributed by atoms with van der Waals surface area (Å²) in [5.74, 6) is -2.58. The van der Waals surface area contributed by atoms with Crippen LogP contribution in [0.2, 0.25) is 0 Å². The number of aryl methyl sites for hydroxylation is 2. The van der Waals surface area contributed by atoms with E-state index in [-0.39, 0.29) is 16.6 Å². The molecule has 0 unspecified atom stereocenters. The number of alkyl halides is 3. The van der Waals surface area contributed by atoms with E-state index < -0.39 is 34.7 Å². The van der Waals surface area contributed by atoms with Crippen LogP contribution in [0.4, 0.5) is 13.2 Å². The molecule has 4 aromatic rings. The van der Waals surface area contributed by atoms with Crippen LogP contribution >= 0.6 is 0 Å². The van der Waals surface area contributed by atoms with Gasteiger partial charge in [-0.15, -0.1) is 0 Å². The molecule has 0 amide bonds. The second-order valence-corrected chi connectivity index (χ2v) is 7.21. The number of benzene rings is 2. The summed E-state index contributed by atoms with van der Waals surface area (Å²) in [6, 6.07) is 14.1. The molecular weight excluding hydrogens is 395 g/mol. The lowest BCUT2D eigenvalue weighted by molar-refractivity contribution is -0.142. The zero-order chi connectivity index (χ0) is 21.8. The number of aromatic nitrogens is 1. The summed E-state index contributed by atoms with van der Waals surface area (Å²) in [4.78, 5) is 25.2. The maximum absolute atomic E-state index is 14.1. The quantitative estimate of drug-likeness (QED) is 0.443. The average molecular weight is 411 g/mol. The van der Waals surface area contributed by atoms with E-state index >= 15 is 0 Å². The van der Waals surface area contributed by atoms with Crippen LogP contribution in [0.15, 0.2) is 54.6 Å². The Bertz CT molecular complexity index is 1330. The molecular formula is C23H16F3NO3. The van der Waals surface area contributed by atoms with Crippen molar-refractivity contribution in [2.45, 2.75) is 20.0 Å². The lowest BCUT2D eigenvalue weighted by Gasteiger charge is -2.11. The Hall–Kier alpha value is -3.61. The number of hydrogen-bond donors (Lipinski definition) is 1. The standard InChI is InChI=1S/C23H16F3NO3/c1-12-3-6-14(7-4-12)20(28)18-17-10-8-15-11-13(2)5-9-16(15)27(17)21(23(24,25)26)19(18)22(29)30/h3-11H,1-2H3,(H,29,30). The first kappa shape index (κ1) is 19.7. The number of hydrogen-bond acceptors (Lipinski definition) is 2. The van der Waals surface area contributed by atoms with Crippen molar-refractivity contribution < 1.29 is 27.9 Å². The fourth-order valence-corrected chi connectivity index (χ4v) is 3.73. The number of carbonyl (C=O) groups is 2. The third-order valence-electron chi connectivity index (χ3n) is 5.08. The number of nitrogens with zero attached hydrogens (tertiary/aromatic N) is 1. The normalized spacial score (nSPS) is 11.9. The molecule has 7 heteroatoms. The summed E-state index contributed by atoms with van der Waals surface area (Å²) in [5.41, 5.74) is -0.968. The summed E-state index contributed by atoms with van der Waals surface area (Å²) in [7, 11) is 0. The van der Waals surface area contributed by atoms with Gasteiger partial charge in [-0.1, -0.05) is 47.5 Å². The number of carboxylic acid groups (broad SMARTS) is 1. The first-order chi connectivity index (χ1) is 14.1. The van der Waals surface area contributed by atoms with E-state index in [1.807, 2.05) is 0 Å². The van der Waals surface area contributed by atoms with Gasteiger partial charge in [-0.2, -0.15) is 13.2 Å². The zero-order valence-electron chi connectivity index (χ0n) is 16.0. The predicted octanol–water partition coefficient (Wildman–Crippen LogP) is 5.66. The fourth-order valence-electron chi connectivity index (χ4n) is 3.73. The highest BCUT2D eigenvalue weighted by molar-refractivity contribution is 6.19. The topological polar surface area (TPSA) is 58.8 Å². The molecule has 152 valence electrons. The highest BCUT2D eigenvalue weighted by atomic mass is 19.4. The molecule has 2 aromatic carbocycles. The highest BCUT2D eigenvalue weighted by Crippen LogP contribution is 2.39. The van der Waals surface area contributed by atoms with Crippen molar-refractivity contribution in [3.8, 4) is 0 Å². The van der Waals surface area contributed by atoms with E-state index in [2.05, 4.69) is 0 Å². The SMILES string of the molecule is Cc1ccc(C(=O)c2c(C(=O)O)c(C(F)(F)F)n3c2ccc2cc(C)ccc23)cc1. The van der Waals surface area contributed by atoms with Crippen LogP contribution in [-0.4, -0.2) is 21.3 Å². The maximum Gasteiger partial charge on any atom is 0.432 e. The molecule has 0 atom stereocenters. The summed E-state index contributed by atoms with van der Waals surface area (Å²) in [5, 5.41) is 10.2. The molecule has 0 aliphatic carbocycles.